The lowest BCUT2D eigenvalue weighted by Gasteiger charge is -2.23. The van der Waals surface area contributed by atoms with Crippen LogP contribution in [0.25, 0.3) is 0 Å². The largest absolute Gasteiger partial charge is 0.497 e. The lowest BCUT2D eigenvalue weighted by Crippen LogP contribution is -2.34. The van der Waals surface area contributed by atoms with Gasteiger partial charge in [-0.2, -0.15) is 0 Å². The molecule has 0 saturated heterocycles. The van der Waals surface area contributed by atoms with Crippen LogP contribution in [0.3, 0.4) is 0 Å². The van der Waals surface area contributed by atoms with Crippen molar-refractivity contribution in [1.82, 2.24) is 5.32 Å². The molecule has 120 valence electrons. The van der Waals surface area contributed by atoms with Gasteiger partial charge in [0.25, 0.3) is 5.91 Å². The molecule has 2 aromatic rings. The Balaban J connectivity index is 2.00. The van der Waals surface area contributed by atoms with Gasteiger partial charge in [-0.1, -0.05) is 18.2 Å². The molecular weight excluding hydrogens is 292 g/mol. The summed E-state index contributed by atoms with van der Waals surface area (Å²) < 4.78 is 10.5. The van der Waals surface area contributed by atoms with Gasteiger partial charge in [0, 0.05) is 37.0 Å². The summed E-state index contributed by atoms with van der Waals surface area (Å²) in [6.07, 6.45) is 0. The number of ether oxygens (including phenoxy) is 2. The highest BCUT2D eigenvalue weighted by Gasteiger charge is 2.22. The van der Waals surface area contributed by atoms with E-state index in [0.717, 1.165) is 24.3 Å². The summed E-state index contributed by atoms with van der Waals surface area (Å²) in [6.45, 7) is 2.14. The minimum Gasteiger partial charge on any atom is -0.497 e. The first-order chi connectivity index (χ1) is 11.2. The van der Waals surface area contributed by atoms with Crippen molar-refractivity contribution in [2.75, 3.05) is 32.2 Å². The third-order valence-electron chi connectivity index (χ3n) is 3.95. The van der Waals surface area contributed by atoms with E-state index >= 15 is 0 Å². The Morgan fingerprint density at radius 1 is 1.09 bits per heavy atom. The minimum atomic E-state index is -0.0571. The summed E-state index contributed by atoms with van der Waals surface area (Å²) >= 11 is 0. The quantitative estimate of drug-likeness (QED) is 0.946. The molecule has 1 aliphatic rings. The number of nitrogens with one attached hydrogen (secondary N) is 1. The predicted molar refractivity (Wildman–Crippen MR) is 89.4 cm³/mol. The molecule has 3 rings (SSSR count). The summed E-state index contributed by atoms with van der Waals surface area (Å²) in [6, 6.07) is 13.2. The van der Waals surface area contributed by atoms with Crippen molar-refractivity contribution in [3.63, 3.8) is 0 Å². The van der Waals surface area contributed by atoms with Crippen LogP contribution in [0.4, 0.5) is 5.69 Å². The Labute approximate surface area is 135 Å². The van der Waals surface area contributed by atoms with Crippen LogP contribution in [-0.4, -0.2) is 33.2 Å². The number of rotatable bonds is 3. The zero-order valence-electron chi connectivity index (χ0n) is 13.3. The predicted octanol–water partition coefficient (Wildman–Crippen LogP) is 2.45. The fourth-order valence-corrected chi connectivity index (χ4v) is 2.76. The smallest absolute Gasteiger partial charge is 0.258 e. The second-order valence-corrected chi connectivity index (χ2v) is 5.36. The van der Waals surface area contributed by atoms with Crippen molar-refractivity contribution in [3.8, 4) is 11.5 Å². The van der Waals surface area contributed by atoms with Crippen molar-refractivity contribution in [2.24, 2.45) is 0 Å². The molecule has 1 heterocycles. The second-order valence-electron chi connectivity index (χ2n) is 5.36. The number of methoxy groups -OCH3 is 2. The van der Waals surface area contributed by atoms with Crippen molar-refractivity contribution < 1.29 is 14.3 Å². The molecule has 2 aromatic carbocycles. The van der Waals surface area contributed by atoms with E-state index in [-0.39, 0.29) is 5.91 Å². The summed E-state index contributed by atoms with van der Waals surface area (Å²) in [4.78, 5) is 14.8. The fraction of sp³-hybridized carbons (Fsp3) is 0.278. The zero-order chi connectivity index (χ0) is 16.2. The molecule has 1 N–H and O–H groups in total. The number of benzene rings is 2. The van der Waals surface area contributed by atoms with E-state index in [2.05, 4.69) is 5.32 Å². The van der Waals surface area contributed by atoms with E-state index in [9.17, 15) is 4.79 Å². The first-order valence-corrected chi connectivity index (χ1v) is 7.56. The third-order valence-corrected chi connectivity index (χ3v) is 3.95. The maximum atomic E-state index is 13.0. The molecule has 0 fully saturated rings. The van der Waals surface area contributed by atoms with Crippen molar-refractivity contribution in [3.05, 3.63) is 53.6 Å². The average molecular weight is 312 g/mol. The molecule has 0 saturated carbocycles. The third kappa shape index (κ3) is 3.14. The molecule has 1 amide bonds. The molecule has 1 aliphatic heterocycles. The zero-order valence-corrected chi connectivity index (χ0v) is 13.3. The van der Waals surface area contributed by atoms with E-state index in [1.54, 1.807) is 32.4 Å². The van der Waals surface area contributed by atoms with Gasteiger partial charge in [-0.05, 0) is 23.8 Å². The number of hydrogen-bond acceptors (Lipinski definition) is 4. The normalized spacial score (nSPS) is 13.9. The van der Waals surface area contributed by atoms with Crippen molar-refractivity contribution >= 4 is 11.6 Å². The van der Waals surface area contributed by atoms with Gasteiger partial charge in [-0.25, -0.2) is 0 Å². The van der Waals surface area contributed by atoms with Gasteiger partial charge in [0.1, 0.15) is 11.5 Å². The molecule has 0 aliphatic carbocycles. The molecule has 5 heteroatoms. The van der Waals surface area contributed by atoms with Crippen LogP contribution in [0.2, 0.25) is 0 Å². The summed E-state index contributed by atoms with van der Waals surface area (Å²) in [7, 11) is 3.16. The second kappa shape index (κ2) is 6.71. The Hall–Kier alpha value is -2.53. The van der Waals surface area contributed by atoms with Gasteiger partial charge in [-0.15, -0.1) is 0 Å². The molecule has 0 unspecified atom stereocenters. The van der Waals surface area contributed by atoms with Gasteiger partial charge in [0.2, 0.25) is 0 Å². The van der Waals surface area contributed by atoms with Crippen LogP contribution >= 0.6 is 0 Å². The van der Waals surface area contributed by atoms with Crippen LogP contribution in [-0.2, 0) is 6.54 Å². The highest BCUT2D eigenvalue weighted by atomic mass is 16.5. The Morgan fingerprint density at radius 2 is 1.78 bits per heavy atom. The number of carbonyl (C=O) groups is 1. The highest BCUT2D eigenvalue weighted by molar-refractivity contribution is 6.07. The van der Waals surface area contributed by atoms with Crippen LogP contribution < -0.4 is 19.7 Å². The molecule has 5 nitrogen and oxygen atoms in total. The van der Waals surface area contributed by atoms with E-state index in [0.29, 0.717) is 23.6 Å². The van der Waals surface area contributed by atoms with Gasteiger partial charge >= 0.3 is 0 Å². The summed E-state index contributed by atoms with van der Waals surface area (Å²) in [5.74, 6) is 1.15. The molecular formula is C18H20N2O3. The number of nitrogens with zero attached hydrogens (tertiary/aromatic N) is 1. The molecule has 23 heavy (non-hydrogen) atoms. The van der Waals surface area contributed by atoms with Crippen LogP contribution in [0.15, 0.2) is 42.5 Å². The Kier molecular flexibility index (Phi) is 4.48. The van der Waals surface area contributed by atoms with E-state index in [1.165, 1.54) is 0 Å². The molecule has 0 atom stereocenters. The number of hydrogen-bond donors (Lipinski definition) is 1. The number of anilines is 1. The molecule has 0 aromatic heterocycles. The van der Waals surface area contributed by atoms with Gasteiger partial charge in [0.05, 0.1) is 14.2 Å². The van der Waals surface area contributed by atoms with Crippen molar-refractivity contribution in [2.45, 2.75) is 6.54 Å². The van der Waals surface area contributed by atoms with E-state index in [4.69, 9.17) is 9.47 Å². The number of amides is 1. The maximum Gasteiger partial charge on any atom is 0.258 e. The molecule has 0 spiro atoms. The van der Waals surface area contributed by atoms with Crippen molar-refractivity contribution in [1.29, 1.82) is 0 Å². The van der Waals surface area contributed by atoms with Crippen LogP contribution in [0.1, 0.15) is 15.9 Å². The maximum absolute atomic E-state index is 13.0. The Bertz CT molecular complexity index is 693. The summed E-state index contributed by atoms with van der Waals surface area (Å²) in [5, 5.41) is 3.34. The first-order valence-electron chi connectivity index (χ1n) is 7.56. The summed E-state index contributed by atoms with van der Waals surface area (Å²) in [5.41, 5.74) is 2.62. The van der Waals surface area contributed by atoms with Gasteiger partial charge in [-0.3, -0.25) is 4.79 Å². The Morgan fingerprint density at radius 3 is 2.48 bits per heavy atom. The van der Waals surface area contributed by atoms with Crippen LogP contribution in [0, 0.1) is 0 Å². The standard InChI is InChI=1S/C18H20N2O3/c1-22-15-9-14(10-16(11-15)23-2)18(21)20-8-7-19-12-13-5-3-4-6-17(13)20/h3-6,9-11,19H,7-8,12H2,1-2H3. The van der Waals surface area contributed by atoms with Gasteiger partial charge < -0.3 is 19.7 Å². The minimum absolute atomic E-state index is 0.0571. The SMILES string of the molecule is COc1cc(OC)cc(C(=O)N2CCNCc3ccccc32)c1. The topological polar surface area (TPSA) is 50.8 Å². The lowest BCUT2D eigenvalue weighted by atomic mass is 10.1. The number of para-hydroxylation sites is 1. The van der Waals surface area contributed by atoms with E-state index < -0.39 is 0 Å². The van der Waals surface area contributed by atoms with Crippen LogP contribution in [0.5, 0.6) is 11.5 Å². The number of fused-ring (bicyclic) bond motifs is 1. The van der Waals surface area contributed by atoms with Gasteiger partial charge in [0.15, 0.2) is 0 Å². The van der Waals surface area contributed by atoms with E-state index in [1.807, 2.05) is 29.2 Å². The average Bonchev–Trinajstić information content (AvgIpc) is 2.83. The lowest BCUT2D eigenvalue weighted by molar-refractivity contribution is 0.0987. The monoisotopic (exact) mass is 312 g/mol. The molecule has 0 radical (unpaired) electrons. The molecule has 0 bridgehead atoms. The number of carbonyl (C=O) groups excluding carboxylic acids is 1. The highest BCUT2D eigenvalue weighted by Crippen LogP contribution is 2.27. The fourth-order valence-electron chi connectivity index (χ4n) is 2.76. The first kappa shape index (κ1) is 15.4.